The number of rotatable bonds is 0. The Morgan fingerprint density at radius 2 is 0.857 bits per heavy atom. The van der Waals surface area contributed by atoms with E-state index < -0.39 is 9.05 Å². The molecule has 0 aliphatic rings. The van der Waals surface area contributed by atoms with Gasteiger partial charge in [-0.25, -0.2) is 0 Å². The van der Waals surface area contributed by atoms with E-state index >= 15 is 0 Å². The second-order valence-corrected chi connectivity index (χ2v) is 1.50. The molecule has 2 radical (unpaired) electrons. The van der Waals surface area contributed by atoms with Crippen molar-refractivity contribution in [3.63, 3.8) is 0 Å². The van der Waals surface area contributed by atoms with Gasteiger partial charge in [-0.2, -0.15) is 0 Å². The third kappa shape index (κ3) is 123. The normalized spacial score (nSPS) is 8.57. The molecule has 7 heavy (non-hydrogen) atoms. The summed E-state index contributed by atoms with van der Waals surface area (Å²) < 4.78 is 0. The van der Waals surface area contributed by atoms with Gasteiger partial charge in [-0.15, -0.1) is 0 Å². The van der Waals surface area contributed by atoms with E-state index in [1.807, 2.05) is 0 Å². The first-order valence-corrected chi connectivity index (χ1v) is 2.45. The maximum absolute atomic E-state index is 8.58. The molecule has 0 saturated heterocycles. The zero-order chi connectivity index (χ0) is 4.50. The predicted octanol–water partition coefficient (Wildman–Crippen LogP) is -5.14. The van der Waals surface area contributed by atoms with E-state index in [9.17, 15) is 0 Å². The first kappa shape index (κ1) is 15.7. The van der Waals surface area contributed by atoms with Crippen molar-refractivity contribution < 1.29 is 58.0 Å². The van der Waals surface area contributed by atoms with Gasteiger partial charge in [0.15, 0.2) is 0 Å². The molecule has 0 aromatic heterocycles. The molecule has 0 aromatic rings. The van der Waals surface area contributed by atoms with Gasteiger partial charge >= 0.3 is 38.8 Å². The minimum Gasteiger partial charge on any atom is -0.894 e. The first-order valence-electron chi connectivity index (χ1n) is 0.816. The fourth-order valence-corrected chi connectivity index (χ4v) is 0. The average Bonchev–Trinajstić information content (AvgIpc) is 0.722. The van der Waals surface area contributed by atoms with Crippen LogP contribution >= 0.6 is 0 Å². The van der Waals surface area contributed by atoms with Crippen molar-refractivity contribution in [2.75, 3.05) is 0 Å². The van der Waals surface area contributed by atoms with Crippen LogP contribution in [0.2, 0.25) is 0 Å². The van der Waals surface area contributed by atoms with Crippen molar-refractivity contribution >= 4 is 9.05 Å². The van der Waals surface area contributed by atoms with Gasteiger partial charge in [-0.3, -0.25) is 0 Å². The van der Waals surface area contributed by atoms with Crippen LogP contribution in [0.4, 0.5) is 0 Å². The van der Waals surface area contributed by atoms with Crippen LogP contribution < -0.4 is 19.2 Å². The van der Waals surface area contributed by atoms with Crippen LogP contribution in [0.1, 0.15) is 0 Å². The predicted molar refractivity (Wildman–Crippen MR) is 5.75 cm³/mol. The summed E-state index contributed by atoms with van der Waals surface area (Å²) in [4.78, 5) is 34.3. The maximum Gasteiger partial charge on any atom is 3.00 e. The van der Waals surface area contributed by atoms with E-state index in [0.29, 0.717) is 0 Å². The van der Waals surface area contributed by atoms with Crippen molar-refractivity contribution in [3.8, 4) is 0 Å². The standard InChI is InChI=1S/Fe.O4Si.Ti/c;1-5(2,3)4;/q+3;-4;+1. The molecule has 0 N–H and O–H groups in total. The number of hydrogen-bond donors (Lipinski definition) is 0. The summed E-state index contributed by atoms with van der Waals surface area (Å²) in [5, 5.41) is 0. The fourth-order valence-electron chi connectivity index (χ4n) is 0. The van der Waals surface area contributed by atoms with Gasteiger partial charge in [0.2, 0.25) is 0 Å². The Hall–Kier alpha value is 1.29. The van der Waals surface area contributed by atoms with Gasteiger partial charge in [0.1, 0.15) is 0 Å². The molecule has 0 rings (SSSR count). The van der Waals surface area contributed by atoms with Crippen LogP contribution in [-0.2, 0) is 38.8 Å². The molecule has 0 amide bonds. The summed E-state index contributed by atoms with van der Waals surface area (Å²) in [6.45, 7) is 0. The van der Waals surface area contributed by atoms with Gasteiger partial charge in [0.05, 0.1) is 0 Å². The Labute approximate surface area is 67.0 Å². The zero-order valence-electron chi connectivity index (χ0n) is 2.99. The largest absolute Gasteiger partial charge is 3.00 e. The van der Waals surface area contributed by atoms with E-state index in [4.69, 9.17) is 19.2 Å². The summed E-state index contributed by atoms with van der Waals surface area (Å²) in [6.07, 6.45) is 0. The molecular weight excluding hydrogens is 196 g/mol. The molecule has 0 unspecified atom stereocenters. The summed E-state index contributed by atoms with van der Waals surface area (Å²) in [7, 11) is -5.61. The Morgan fingerprint density at radius 3 is 0.857 bits per heavy atom. The summed E-state index contributed by atoms with van der Waals surface area (Å²) in [6, 6.07) is 0. The summed E-state index contributed by atoms with van der Waals surface area (Å²) in [5.74, 6) is 0. The van der Waals surface area contributed by atoms with Crippen molar-refractivity contribution in [1.82, 2.24) is 0 Å². The second kappa shape index (κ2) is 5.43. The molecule has 0 saturated carbocycles. The smallest absolute Gasteiger partial charge is 0.894 e. The fraction of sp³-hybridized carbons (Fsp3) is 0. The summed E-state index contributed by atoms with van der Waals surface area (Å²) >= 11 is 0. The molecule has 0 atom stereocenters. The summed E-state index contributed by atoms with van der Waals surface area (Å²) in [5.41, 5.74) is 0. The van der Waals surface area contributed by atoms with Gasteiger partial charge in [-0.1, -0.05) is 0 Å². The topological polar surface area (TPSA) is 92.2 Å². The van der Waals surface area contributed by atoms with Crippen LogP contribution in [-0.4, -0.2) is 9.05 Å². The molecule has 0 heterocycles. The first-order chi connectivity index (χ1) is 2.00. The van der Waals surface area contributed by atoms with Crippen LogP contribution in [0.25, 0.3) is 0 Å². The van der Waals surface area contributed by atoms with Gasteiger partial charge < -0.3 is 28.2 Å². The van der Waals surface area contributed by atoms with E-state index in [2.05, 4.69) is 0 Å². The SMILES string of the molecule is [Fe+3].[O-][Si]([O-])([O-])[O-].[Ti+]. The number of hydrogen-bond acceptors (Lipinski definition) is 4. The van der Waals surface area contributed by atoms with E-state index in [-0.39, 0.29) is 38.8 Å². The van der Waals surface area contributed by atoms with Crippen molar-refractivity contribution in [1.29, 1.82) is 0 Å². The third-order valence-electron chi connectivity index (χ3n) is 0. The van der Waals surface area contributed by atoms with Gasteiger partial charge in [0.25, 0.3) is 0 Å². The van der Waals surface area contributed by atoms with Crippen LogP contribution in [0.3, 0.4) is 0 Å². The maximum atomic E-state index is 8.58. The molecule has 0 aliphatic heterocycles. The Kier molecular flexibility index (Phi) is 12.2. The zero-order valence-corrected chi connectivity index (χ0v) is 6.65. The Morgan fingerprint density at radius 1 is 0.857 bits per heavy atom. The van der Waals surface area contributed by atoms with Crippen LogP contribution in [0.15, 0.2) is 0 Å². The average molecular weight is 196 g/mol. The van der Waals surface area contributed by atoms with Gasteiger partial charge in [-0.05, 0) is 0 Å². The Bertz CT molecular complexity index is 27.2. The molecule has 40 valence electrons. The third-order valence-corrected chi connectivity index (χ3v) is 0. The van der Waals surface area contributed by atoms with Crippen molar-refractivity contribution in [2.45, 2.75) is 0 Å². The minimum absolute atomic E-state index is 0. The van der Waals surface area contributed by atoms with Crippen LogP contribution in [0, 0.1) is 0 Å². The van der Waals surface area contributed by atoms with E-state index in [1.165, 1.54) is 0 Å². The molecular formula is FeO4SiTi. The Balaban J connectivity index is -0.0000000800. The monoisotopic (exact) mass is 196 g/mol. The molecule has 0 aromatic carbocycles. The van der Waals surface area contributed by atoms with Crippen molar-refractivity contribution in [3.05, 3.63) is 0 Å². The molecule has 0 spiro atoms. The molecule has 7 heteroatoms. The van der Waals surface area contributed by atoms with Crippen molar-refractivity contribution in [2.24, 2.45) is 0 Å². The molecule has 0 bridgehead atoms. The quantitative estimate of drug-likeness (QED) is 0.362. The molecule has 0 fully saturated rings. The second-order valence-electron chi connectivity index (χ2n) is 0.500. The van der Waals surface area contributed by atoms with E-state index in [0.717, 1.165) is 0 Å². The van der Waals surface area contributed by atoms with E-state index in [1.54, 1.807) is 0 Å². The molecule has 0 aliphatic carbocycles. The van der Waals surface area contributed by atoms with Crippen LogP contribution in [0.5, 0.6) is 0 Å². The van der Waals surface area contributed by atoms with Gasteiger partial charge in [0, 0.05) is 0 Å². The molecule has 4 nitrogen and oxygen atoms in total. The minimum atomic E-state index is -5.61.